The van der Waals surface area contributed by atoms with Crippen LogP contribution in [0.2, 0.25) is 0 Å². The zero-order valence-electron chi connectivity index (χ0n) is 6.13. The van der Waals surface area contributed by atoms with Crippen LogP contribution in [-0.2, 0) is 4.74 Å². The number of methoxy groups -OCH3 is 1. The fraction of sp³-hybridized carbons (Fsp3) is 0.167. The Kier molecular flexibility index (Phi) is 2.09. The van der Waals surface area contributed by atoms with Crippen molar-refractivity contribution in [3.05, 3.63) is 13.8 Å². The maximum atomic E-state index is 11.1. The molecule has 2 heterocycles. The zero-order chi connectivity index (χ0) is 8.55. The summed E-state index contributed by atoms with van der Waals surface area (Å²) < 4.78 is 9.86. The number of halogens is 1. The second kappa shape index (κ2) is 3.09. The molecule has 0 saturated heterocycles. The Morgan fingerprint density at radius 1 is 1.83 bits per heavy atom. The van der Waals surface area contributed by atoms with Crippen molar-refractivity contribution in [3.63, 3.8) is 0 Å². The van der Waals surface area contributed by atoms with Crippen molar-refractivity contribution in [1.29, 1.82) is 0 Å². The van der Waals surface area contributed by atoms with Crippen molar-refractivity contribution in [2.45, 2.75) is 0 Å². The van der Waals surface area contributed by atoms with E-state index in [-0.39, 0.29) is 27.0 Å². The molecular formula is C6H5IN2O2S. The first-order valence-electron chi connectivity index (χ1n) is 3.13. The van der Waals surface area contributed by atoms with Crippen LogP contribution >= 0.6 is 32.4 Å². The number of ether oxygens (including phenoxy) is 1. The lowest BCUT2D eigenvalue weighted by atomic mass is 10.4. The SMILES string of the molecule is COC(=O)c1cc2c(s1)I=NN2. The summed E-state index contributed by atoms with van der Waals surface area (Å²) in [6, 6.07) is 1.79. The molecule has 2 rings (SSSR count). The van der Waals surface area contributed by atoms with Gasteiger partial charge in [-0.25, -0.2) is 4.79 Å². The topological polar surface area (TPSA) is 50.7 Å². The summed E-state index contributed by atoms with van der Waals surface area (Å²) in [4.78, 5) is 11.7. The molecule has 1 N–H and O–H groups in total. The van der Waals surface area contributed by atoms with Gasteiger partial charge in [-0.1, -0.05) is 0 Å². The smallest absolute Gasteiger partial charge is 0.348 e. The van der Waals surface area contributed by atoms with Crippen molar-refractivity contribution in [1.82, 2.24) is 0 Å². The molecule has 1 aliphatic rings. The summed E-state index contributed by atoms with van der Waals surface area (Å²) in [7, 11) is 1.39. The van der Waals surface area contributed by atoms with Crippen LogP contribution in [-0.4, -0.2) is 13.1 Å². The van der Waals surface area contributed by atoms with Crippen molar-refractivity contribution in [2.75, 3.05) is 12.5 Å². The fourth-order valence-corrected chi connectivity index (χ4v) is 3.97. The van der Waals surface area contributed by atoms with Crippen LogP contribution < -0.4 is 5.43 Å². The minimum Gasteiger partial charge on any atom is -0.465 e. The minimum absolute atomic E-state index is 0.263. The summed E-state index contributed by atoms with van der Waals surface area (Å²) in [6.45, 7) is 0. The minimum atomic E-state index is -0.264. The molecule has 6 heteroatoms. The van der Waals surface area contributed by atoms with Crippen LogP contribution in [0.4, 0.5) is 5.69 Å². The number of nitrogens with zero attached hydrogens (tertiary/aromatic N) is 1. The van der Waals surface area contributed by atoms with Gasteiger partial charge in [-0.2, -0.15) is 0 Å². The monoisotopic (exact) mass is 296 g/mol. The Morgan fingerprint density at radius 2 is 2.67 bits per heavy atom. The maximum absolute atomic E-state index is 11.1. The van der Waals surface area contributed by atoms with E-state index in [1.54, 1.807) is 6.07 Å². The highest BCUT2D eigenvalue weighted by molar-refractivity contribution is 14.2. The number of hydrogen-bond donors (Lipinski definition) is 1. The van der Waals surface area contributed by atoms with Crippen LogP contribution in [0.15, 0.2) is 9.32 Å². The van der Waals surface area contributed by atoms with E-state index in [0.717, 1.165) is 5.69 Å². The highest BCUT2D eigenvalue weighted by Crippen LogP contribution is 2.37. The molecule has 0 spiro atoms. The number of thiophene rings is 1. The van der Waals surface area contributed by atoms with Gasteiger partial charge in [-0.15, -0.1) is 14.6 Å². The van der Waals surface area contributed by atoms with Gasteiger partial charge in [0.15, 0.2) is 0 Å². The first-order chi connectivity index (χ1) is 5.81. The number of anilines is 1. The van der Waals surface area contributed by atoms with Gasteiger partial charge in [-0.3, -0.25) is 5.43 Å². The number of esters is 1. The van der Waals surface area contributed by atoms with Gasteiger partial charge in [0.05, 0.1) is 33.8 Å². The normalized spacial score (nSPS) is 13.1. The molecule has 0 unspecified atom stereocenters. The van der Waals surface area contributed by atoms with E-state index in [0.29, 0.717) is 4.88 Å². The highest BCUT2D eigenvalue weighted by Gasteiger charge is 2.16. The van der Waals surface area contributed by atoms with Crippen molar-refractivity contribution in [2.24, 2.45) is 3.25 Å². The summed E-state index contributed by atoms with van der Waals surface area (Å²) in [5.41, 5.74) is 3.86. The molecule has 0 saturated carbocycles. The Hall–Kier alpha value is -0.500. The summed E-state index contributed by atoms with van der Waals surface area (Å²) in [6.07, 6.45) is 0. The molecule has 0 fully saturated rings. The van der Waals surface area contributed by atoms with E-state index in [1.807, 2.05) is 0 Å². The van der Waals surface area contributed by atoms with Gasteiger partial charge in [0.25, 0.3) is 0 Å². The van der Waals surface area contributed by atoms with Gasteiger partial charge < -0.3 is 4.74 Å². The molecule has 0 atom stereocenters. The Bertz CT molecular complexity index is 360. The molecule has 64 valence electrons. The van der Waals surface area contributed by atoms with E-state index >= 15 is 0 Å². The van der Waals surface area contributed by atoms with E-state index < -0.39 is 0 Å². The molecule has 12 heavy (non-hydrogen) atoms. The van der Waals surface area contributed by atoms with Gasteiger partial charge in [0.2, 0.25) is 0 Å². The molecule has 0 bridgehead atoms. The molecule has 1 aromatic rings. The van der Waals surface area contributed by atoms with Crippen LogP contribution in [0.1, 0.15) is 9.67 Å². The maximum Gasteiger partial charge on any atom is 0.348 e. The van der Waals surface area contributed by atoms with Crippen molar-refractivity contribution in [3.8, 4) is 0 Å². The lowest BCUT2D eigenvalue weighted by molar-refractivity contribution is 0.0606. The zero-order valence-corrected chi connectivity index (χ0v) is 9.10. The van der Waals surface area contributed by atoms with E-state index in [2.05, 4.69) is 13.4 Å². The number of nitrogens with one attached hydrogen (secondary N) is 1. The molecule has 0 aliphatic carbocycles. The van der Waals surface area contributed by atoms with Crippen molar-refractivity contribution < 1.29 is 9.53 Å². The van der Waals surface area contributed by atoms with E-state index in [4.69, 9.17) is 0 Å². The molecule has 0 radical (unpaired) electrons. The first-order valence-corrected chi connectivity index (χ1v) is 5.99. The third kappa shape index (κ3) is 1.24. The van der Waals surface area contributed by atoms with Gasteiger partial charge in [0, 0.05) is 0 Å². The molecular weight excluding hydrogens is 291 g/mol. The average Bonchev–Trinajstić information content (AvgIpc) is 2.60. The third-order valence-electron chi connectivity index (χ3n) is 1.36. The summed E-state index contributed by atoms with van der Waals surface area (Å²) in [5.74, 6) is -0.264. The number of rotatable bonds is 1. The van der Waals surface area contributed by atoms with Crippen LogP contribution in [0.25, 0.3) is 0 Å². The Balaban J connectivity index is 2.36. The third-order valence-corrected chi connectivity index (χ3v) is 4.88. The number of fused-ring (bicyclic) bond motifs is 1. The largest absolute Gasteiger partial charge is 0.465 e. The lowest BCUT2D eigenvalue weighted by Crippen LogP contribution is -1.97. The Labute approximate surface area is 83.1 Å². The van der Waals surface area contributed by atoms with Crippen LogP contribution in [0.5, 0.6) is 0 Å². The molecule has 4 nitrogen and oxygen atoms in total. The molecule has 1 aliphatic heterocycles. The molecule has 0 aromatic carbocycles. The summed E-state index contributed by atoms with van der Waals surface area (Å²) >= 11 is 1.21. The second-order valence-corrected chi connectivity index (χ2v) is 5.90. The molecule has 0 amide bonds. The second-order valence-electron chi connectivity index (χ2n) is 2.07. The van der Waals surface area contributed by atoms with Crippen LogP contribution in [0.3, 0.4) is 0 Å². The lowest BCUT2D eigenvalue weighted by Gasteiger charge is -1.91. The fourth-order valence-electron chi connectivity index (χ4n) is 0.814. The van der Waals surface area contributed by atoms with Gasteiger partial charge >= 0.3 is 5.97 Å². The molecule has 1 aromatic heterocycles. The van der Waals surface area contributed by atoms with E-state index in [1.165, 1.54) is 21.3 Å². The highest BCUT2D eigenvalue weighted by atomic mass is 127. The average molecular weight is 296 g/mol. The predicted octanol–water partition coefficient (Wildman–Crippen LogP) is 2.20. The predicted molar refractivity (Wildman–Crippen MR) is 54.4 cm³/mol. The van der Waals surface area contributed by atoms with Gasteiger partial charge in [-0.05, 0) is 6.07 Å². The Morgan fingerprint density at radius 3 is 3.33 bits per heavy atom. The number of hydrogen-bond acceptors (Lipinski definition) is 5. The van der Waals surface area contributed by atoms with Crippen LogP contribution in [0, 0.1) is 2.88 Å². The van der Waals surface area contributed by atoms with Crippen molar-refractivity contribution >= 4 is 44.0 Å². The number of carbonyl (C=O) groups excluding carboxylic acids is 1. The first kappa shape index (κ1) is 8.11. The standard InChI is InChI=1S/C6H5IN2O2S/c1-11-6(10)4-2-3-5(12-4)7-9-8-3/h2,8H,1H3. The van der Waals surface area contributed by atoms with E-state index in [9.17, 15) is 4.79 Å². The quantitative estimate of drug-likeness (QED) is 0.638. The van der Waals surface area contributed by atoms with Gasteiger partial charge in [0.1, 0.15) is 7.76 Å². The number of carbonyl (C=O) groups is 1. The summed E-state index contributed by atoms with van der Waals surface area (Å²) in [5, 5.41) is 0.